The van der Waals surface area contributed by atoms with E-state index in [2.05, 4.69) is 10.1 Å². The Morgan fingerprint density at radius 3 is 2.68 bits per heavy atom. The Morgan fingerprint density at radius 2 is 2.08 bits per heavy atom. The predicted octanol–water partition coefficient (Wildman–Crippen LogP) is 3.14. The van der Waals surface area contributed by atoms with Crippen molar-refractivity contribution < 1.29 is 21.6 Å². The van der Waals surface area contributed by atoms with Crippen LogP contribution in [0.2, 0.25) is 5.02 Å². The van der Waals surface area contributed by atoms with E-state index in [9.17, 15) is 21.6 Å². The summed E-state index contributed by atoms with van der Waals surface area (Å²) in [4.78, 5) is 2.40. The number of halogens is 4. The molecule has 11 heteroatoms. The molecule has 2 heterocycles. The largest absolute Gasteiger partial charge is 0.408 e. The number of aromatic amines is 1. The van der Waals surface area contributed by atoms with Crippen LogP contribution >= 0.6 is 11.6 Å². The third-order valence-electron chi connectivity index (χ3n) is 3.55. The van der Waals surface area contributed by atoms with Gasteiger partial charge in [-0.1, -0.05) is 11.6 Å². The van der Waals surface area contributed by atoms with Crippen molar-refractivity contribution in [3.05, 3.63) is 47.4 Å². The highest BCUT2D eigenvalue weighted by Gasteiger charge is 2.44. The number of hydrogen-bond acceptors (Lipinski definition) is 3. The molecule has 0 aliphatic rings. The van der Waals surface area contributed by atoms with E-state index in [4.69, 9.17) is 11.6 Å². The zero-order valence-electron chi connectivity index (χ0n) is 12.7. The van der Waals surface area contributed by atoms with Gasteiger partial charge in [0.25, 0.3) is 0 Å². The van der Waals surface area contributed by atoms with E-state index >= 15 is 0 Å². The lowest BCUT2D eigenvalue weighted by molar-refractivity contribution is -0.153. The highest BCUT2D eigenvalue weighted by Crippen LogP contribution is 2.35. The van der Waals surface area contributed by atoms with Crippen molar-refractivity contribution in [1.82, 2.24) is 19.5 Å². The Balaban J connectivity index is 2.03. The number of alkyl halides is 3. The summed E-state index contributed by atoms with van der Waals surface area (Å²) in [6.07, 6.45) is -1.63. The van der Waals surface area contributed by atoms with Crippen LogP contribution in [0.3, 0.4) is 0 Å². The van der Waals surface area contributed by atoms with Gasteiger partial charge in [-0.3, -0.25) is 4.68 Å². The molecule has 2 aromatic heterocycles. The Bertz CT molecular complexity index is 1030. The van der Waals surface area contributed by atoms with Crippen LogP contribution in [0.1, 0.15) is 11.6 Å². The number of fused-ring (bicyclic) bond motifs is 1. The summed E-state index contributed by atoms with van der Waals surface area (Å²) in [5, 5.41) is 4.27. The van der Waals surface area contributed by atoms with Crippen LogP contribution in [-0.4, -0.2) is 29.4 Å². The minimum Gasteiger partial charge on any atom is -0.360 e. The van der Waals surface area contributed by atoms with Crippen molar-refractivity contribution in [3.8, 4) is 0 Å². The zero-order chi connectivity index (χ0) is 18.4. The van der Waals surface area contributed by atoms with Gasteiger partial charge in [0.1, 0.15) is 10.9 Å². The molecule has 0 amide bonds. The lowest BCUT2D eigenvalue weighted by Crippen LogP contribution is -2.37. The van der Waals surface area contributed by atoms with Gasteiger partial charge < -0.3 is 4.98 Å². The molecular formula is C14H12ClF3N4O2S. The summed E-state index contributed by atoms with van der Waals surface area (Å²) in [7, 11) is -3.02. The molecule has 0 spiro atoms. The van der Waals surface area contributed by atoms with Crippen LogP contribution in [0.5, 0.6) is 0 Å². The number of aromatic nitrogens is 3. The smallest absolute Gasteiger partial charge is 0.360 e. The molecule has 0 aliphatic carbocycles. The average molecular weight is 393 g/mol. The summed E-state index contributed by atoms with van der Waals surface area (Å²) in [6, 6.07) is 1.95. The number of hydrogen-bond donors (Lipinski definition) is 2. The van der Waals surface area contributed by atoms with Crippen LogP contribution < -0.4 is 4.72 Å². The first-order valence-electron chi connectivity index (χ1n) is 6.92. The van der Waals surface area contributed by atoms with E-state index in [0.29, 0.717) is 10.5 Å². The van der Waals surface area contributed by atoms with Gasteiger partial charge in [-0.2, -0.15) is 23.0 Å². The first-order valence-corrected chi connectivity index (χ1v) is 8.78. The van der Waals surface area contributed by atoms with Crippen molar-refractivity contribution in [2.45, 2.75) is 17.1 Å². The lowest BCUT2D eigenvalue weighted by Gasteiger charge is -2.20. The van der Waals surface area contributed by atoms with E-state index < -0.39 is 22.2 Å². The first-order chi connectivity index (χ1) is 11.6. The molecule has 3 rings (SSSR count). The van der Waals surface area contributed by atoms with E-state index in [-0.39, 0.29) is 15.8 Å². The Labute approximate surface area is 145 Å². The highest BCUT2D eigenvalue weighted by molar-refractivity contribution is 7.89. The second-order valence-electron chi connectivity index (χ2n) is 5.39. The molecule has 1 unspecified atom stereocenters. The maximum absolute atomic E-state index is 13.4. The fourth-order valence-corrected chi connectivity index (χ4v) is 3.99. The van der Waals surface area contributed by atoms with Crippen LogP contribution in [0.25, 0.3) is 10.9 Å². The molecular weight excluding hydrogens is 381 g/mol. The minimum absolute atomic E-state index is 0.240. The van der Waals surface area contributed by atoms with Gasteiger partial charge in [-0.05, 0) is 18.2 Å². The second-order valence-corrected chi connectivity index (χ2v) is 7.50. The fraction of sp³-hybridized carbons (Fsp3) is 0.214. The molecule has 1 atom stereocenters. The summed E-state index contributed by atoms with van der Waals surface area (Å²) in [5.74, 6) is 0. The molecule has 6 nitrogen and oxygen atoms in total. The Morgan fingerprint density at radius 1 is 1.36 bits per heavy atom. The van der Waals surface area contributed by atoms with Gasteiger partial charge in [0.2, 0.25) is 10.0 Å². The Hall–Kier alpha value is -2.04. The monoisotopic (exact) mass is 392 g/mol. The third-order valence-corrected chi connectivity index (χ3v) is 5.25. The standard InChI is InChI=1S/C14H12ClF3N4O2S/c1-22-7-8(5-20-22)13(14(16,17)18)21-25(23,24)12-6-19-11-4-9(15)2-3-10(11)12/h2-7,13,19,21H,1H3. The molecule has 3 aromatic rings. The van der Waals surface area contributed by atoms with Gasteiger partial charge in [0, 0.05) is 40.9 Å². The first kappa shape index (κ1) is 17.8. The van der Waals surface area contributed by atoms with Crippen molar-refractivity contribution in [2.75, 3.05) is 0 Å². The number of aryl methyl sites for hydroxylation is 1. The van der Waals surface area contributed by atoms with Crippen LogP contribution in [0.4, 0.5) is 13.2 Å². The summed E-state index contributed by atoms with van der Waals surface area (Å²) in [5.41, 5.74) is 0.0965. The predicted molar refractivity (Wildman–Crippen MR) is 85.6 cm³/mol. The van der Waals surface area contributed by atoms with Crippen LogP contribution in [0.15, 0.2) is 41.7 Å². The number of nitrogens with one attached hydrogen (secondary N) is 2. The highest BCUT2D eigenvalue weighted by atomic mass is 35.5. The number of sulfonamides is 1. The number of benzene rings is 1. The SMILES string of the molecule is Cn1cc(C(NS(=O)(=O)c2c[nH]c3cc(Cl)ccc23)C(F)(F)F)cn1. The summed E-state index contributed by atoms with van der Waals surface area (Å²) >= 11 is 5.83. The quantitative estimate of drug-likeness (QED) is 0.715. The van der Waals surface area contributed by atoms with Crippen molar-refractivity contribution in [2.24, 2.45) is 7.05 Å². The maximum Gasteiger partial charge on any atom is 0.408 e. The van der Waals surface area contributed by atoms with Gasteiger partial charge in [0.05, 0.1) is 6.20 Å². The number of nitrogens with zero attached hydrogens (tertiary/aromatic N) is 2. The summed E-state index contributed by atoms with van der Waals surface area (Å²) < 4.78 is 68.0. The second kappa shape index (κ2) is 6.04. The fourth-order valence-electron chi connectivity index (χ4n) is 2.43. The van der Waals surface area contributed by atoms with Crippen molar-refractivity contribution >= 4 is 32.5 Å². The van der Waals surface area contributed by atoms with Gasteiger partial charge in [0.15, 0.2) is 0 Å². The topological polar surface area (TPSA) is 79.8 Å². The lowest BCUT2D eigenvalue weighted by atomic mass is 10.2. The average Bonchev–Trinajstić information content (AvgIpc) is 3.09. The van der Waals surface area contributed by atoms with E-state index in [1.165, 1.54) is 25.2 Å². The Kier molecular flexibility index (Phi) is 4.30. The normalized spacial score (nSPS) is 14.1. The van der Waals surface area contributed by atoms with E-state index in [1.807, 2.05) is 0 Å². The molecule has 0 radical (unpaired) electrons. The molecule has 0 saturated heterocycles. The number of rotatable bonds is 4. The maximum atomic E-state index is 13.4. The molecule has 25 heavy (non-hydrogen) atoms. The van der Waals surface area contributed by atoms with E-state index in [1.54, 1.807) is 4.72 Å². The molecule has 0 saturated carbocycles. The van der Waals surface area contributed by atoms with Gasteiger partial charge in [-0.25, -0.2) is 8.42 Å². The molecule has 1 aromatic carbocycles. The van der Waals surface area contributed by atoms with E-state index in [0.717, 1.165) is 23.3 Å². The van der Waals surface area contributed by atoms with Crippen molar-refractivity contribution in [3.63, 3.8) is 0 Å². The molecule has 0 aliphatic heterocycles. The number of H-pyrrole nitrogens is 1. The van der Waals surface area contributed by atoms with Gasteiger partial charge >= 0.3 is 6.18 Å². The van der Waals surface area contributed by atoms with Gasteiger partial charge in [-0.15, -0.1) is 0 Å². The summed E-state index contributed by atoms with van der Waals surface area (Å²) in [6.45, 7) is 0. The van der Waals surface area contributed by atoms with Crippen LogP contribution in [0, 0.1) is 0 Å². The zero-order valence-corrected chi connectivity index (χ0v) is 14.2. The molecule has 0 fully saturated rings. The third kappa shape index (κ3) is 3.51. The molecule has 2 N–H and O–H groups in total. The molecule has 134 valence electrons. The minimum atomic E-state index is -4.83. The molecule has 0 bridgehead atoms. The van der Waals surface area contributed by atoms with Crippen molar-refractivity contribution in [1.29, 1.82) is 0 Å². The van der Waals surface area contributed by atoms with Crippen LogP contribution in [-0.2, 0) is 17.1 Å².